The lowest BCUT2D eigenvalue weighted by Crippen LogP contribution is -2.55. The Hall–Kier alpha value is -1.07. The van der Waals surface area contributed by atoms with Gasteiger partial charge in [0.15, 0.2) is 23.4 Å². The van der Waals surface area contributed by atoms with Gasteiger partial charge < -0.3 is 14.8 Å². The molecule has 4 aliphatic rings. The lowest BCUT2D eigenvalue weighted by molar-refractivity contribution is -0.133. The second-order valence-electron chi connectivity index (χ2n) is 6.85. The average Bonchev–Trinajstić information content (AvgIpc) is 3.22. The number of Topliss-reactive ketones (excluding diaryl/α,β-unsaturated/α-hetero) is 1. The first-order chi connectivity index (χ1) is 10.6. The van der Waals surface area contributed by atoms with Crippen molar-refractivity contribution in [2.45, 2.75) is 49.8 Å². The topological polar surface area (TPSA) is 57.5 Å². The first-order valence-corrected chi connectivity index (χ1v) is 8.79. The monoisotopic (exact) mass is 363 g/mol. The van der Waals surface area contributed by atoms with Crippen molar-refractivity contribution >= 4 is 21.7 Å². The van der Waals surface area contributed by atoms with Crippen LogP contribution in [-0.2, 0) is 10.2 Å². The van der Waals surface area contributed by atoms with Crippen molar-refractivity contribution in [3.8, 4) is 11.5 Å². The van der Waals surface area contributed by atoms with E-state index in [9.17, 15) is 4.79 Å². The van der Waals surface area contributed by atoms with E-state index >= 15 is 0 Å². The van der Waals surface area contributed by atoms with E-state index in [1.807, 2.05) is 6.07 Å². The Morgan fingerprint density at radius 3 is 3.09 bits per heavy atom. The molecule has 3 unspecified atom stereocenters. The summed E-state index contributed by atoms with van der Waals surface area (Å²) >= 11 is 3.72. The molecule has 2 heterocycles. The van der Waals surface area contributed by atoms with Gasteiger partial charge in [-0.2, -0.15) is 0 Å². The lowest BCUT2D eigenvalue weighted by atomic mass is 9.55. The molecule has 5 rings (SSSR count). The third kappa shape index (κ3) is 1.28. The number of ketones is 1. The summed E-state index contributed by atoms with van der Waals surface area (Å²) in [5.74, 6) is 2.27. The quantitative estimate of drug-likeness (QED) is 0.820. The number of carbonyl (C=O) groups is 1. The molecule has 116 valence electrons. The van der Waals surface area contributed by atoms with Crippen molar-refractivity contribution in [2.24, 2.45) is 5.92 Å². The number of hydrogen-bond donors (Lipinski definition) is 1. The highest BCUT2D eigenvalue weighted by Gasteiger charge is 2.68. The molecule has 0 bridgehead atoms. The van der Waals surface area contributed by atoms with E-state index in [2.05, 4.69) is 28.2 Å². The van der Waals surface area contributed by atoms with E-state index in [4.69, 9.17) is 9.47 Å². The Bertz CT molecular complexity index is 718. The van der Waals surface area contributed by atoms with Gasteiger partial charge in [-0.15, -0.1) is 0 Å². The van der Waals surface area contributed by atoms with Crippen molar-refractivity contribution in [3.63, 3.8) is 0 Å². The van der Waals surface area contributed by atoms with Gasteiger partial charge in [-0.25, -0.2) is 0 Å². The van der Waals surface area contributed by atoms with Gasteiger partial charge in [0.05, 0.1) is 7.11 Å². The second kappa shape index (κ2) is 4.06. The SMILES string of the molecule is CC[C@]12c3c4c(OC)cc(Br)c3C3NC3C1CCC(=O)[C@H]2O4. The minimum absolute atomic E-state index is 0.179. The standard InChI is InChI=1S/C17H18BrNO3/c1-3-17-7-4-5-9(20)16(17)22-15-10(21-2)6-8(18)11(12(15)17)14-13(7)19-14/h6-7,13-14,16,19H,3-5H2,1-2H3/t7?,13?,14?,16-,17-/m1/s1. The van der Waals surface area contributed by atoms with Gasteiger partial charge in [0, 0.05) is 34.0 Å². The number of rotatable bonds is 2. The van der Waals surface area contributed by atoms with Crippen LogP contribution in [0.3, 0.4) is 0 Å². The van der Waals surface area contributed by atoms with Crippen LogP contribution in [-0.4, -0.2) is 25.0 Å². The maximum absolute atomic E-state index is 12.6. The van der Waals surface area contributed by atoms with Crippen LogP contribution in [0.25, 0.3) is 0 Å². The Balaban J connectivity index is 1.87. The van der Waals surface area contributed by atoms with E-state index in [1.54, 1.807) is 7.11 Å². The summed E-state index contributed by atoms with van der Waals surface area (Å²) in [4.78, 5) is 12.6. The Morgan fingerprint density at radius 1 is 1.55 bits per heavy atom. The van der Waals surface area contributed by atoms with Crippen LogP contribution in [0.15, 0.2) is 10.5 Å². The van der Waals surface area contributed by atoms with Gasteiger partial charge in [-0.1, -0.05) is 22.9 Å². The highest BCUT2D eigenvalue weighted by atomic mass is 79.9. The number of hydrogen-bond acceptors (Lipinski definition) is 4. The van der Waals surface area contributed by atoms with Crippen LogP contribution in [0.5, 0.6) is 11.5 Å². The Kier molecular flexibility index (Phi) is 2.47. The normalized spacial score (nSPS) is 39.9. The molecule has 4 nitrogen and oxygen atoms in total. The highest BCUT2D eigenvalue weighted by Crippen LogP contribution is 2.66. The molecular formula is C17H18BrNO3. The summed E-state index contributed by atoms with van der Waals surface area (Å²) < 4.78 is 12.8. The Labute approximate surface area is 137 Å². The van der Waals surface area contributed by atoms with Gasteiger partial charge in [-0.3, -0.25) is 4.79 Å². The zero-order valence-electron chi connectivity index (χ0n) is 12.6. The van der Waals surface area contributed by atoms with Crippen molar-refractivity contribution in [3.05, 3.63) is 21.7 Å². The van der Waals surface area contributed by atoms with E-state index in [0.717, 1.165) is 28.8 Å². The summed E-state index contributed by atoms with van der Waals surface area (Å²) in [6.45, 7) is 2.19. The summed E-state index contributed by atoms with van der Waals surface area (Å²) in [6, 6.07) is 2.87. The van der Waals surface area contributed by atoms with Gasteiger partial charge in [0.2, 0.25) is 0 Å². The van der Waals surface area contributed by atoms with Gasteiger partial charge in [0.25, 0.3) is 0 Å². The number of fused-ring (bicyclic) bond motifs is 3. The molecule has 5 atom stereocenters. The maximum atomic E-state index is 12.6. The third-order valence-electron chi connectivity index (χ3n) is 6.23. The van der Waals surface area contributed by atoms with E-state index in [0.29, 0.717) is 24.4 Å². The molecule has 0 radical (unpaired) electrons. The molecular weight excluding hydrogens is 346 g/mol. The number of ether oxygens (including phenoxy) is 2. The molecule has 2 aliphatic carbocycles. The van der Waals surface area contributed by atoms with Crippen LogP contribution >= 0.6 is 15.9 Å². The lowest BCUT2D eigenvalue weighted by Gasteiger charge is -2.46. The molecule has 2 aliphatic heterocycles. The minimum atomic E-state index is -0.337. The number of halogens is 1. The van der Waals surface area contributed by atoms with Crippen LogP contribution in [0.4, 0.5) is 0 Å². The van der Waals surface area contributed by atoms with Gasteiger partial charge >= 0.3 is 0 Å². The number of nitrogens with one attached hydrogen (secondary N) is 1. The van der Waals surface area contributed by atoms with Crippen molar-refractivity contribution in [1.29, 1.82) is 0 Å². The van der Waals surface area contributed by atoms with Crippen molar-refractivity contribution < 1.29 is 14.3 Å². The summed E-state index contributed by atoms with van der Waals surface area (Å²) in [7, 11) is 1.66. The van der Waals surface area contributed by atoms with Gasteiger partial charge in [-0.05, 0) is 30.4 Å². The molecule has 2 fully saturated rings. The number of benzene rings is 1. The second-order valence-corrected chi connectivity index (χ2v) is 7.71. The molecule has 5 heteroatoms. The predicted octanol–water partition coefficient (Wildman–Crippen LogP) is 2.87. The first-order valence-electron chi connectivity index (χ1n) is 7.99. The largest absolute Gasteiger partial charge is 0.493 e. The van der Waals surface area contributed by atoms with Crippen molar-refractivity contribution in [1.82, 2.24) is 5.32 Å². The maximum Gasteiger partial charge on any atom is 0.174 e. The molecule has 0 amide bonds. The van der Waals surface area contributed by atoms with Crippen LogP contribution in [0.1, 0.15) is 43.4 Å². The van der Waals surface area contributed by atoms with Crippen LogP contribution in [0.2, 0.25) is 0 Å². The molecule has 1 aromatic rings. The third-order valence-corrected chi connectivity index (χ3v) is 6.89. The molecule has 1 aromatic carbocycles. The molecule has 1 saturated carbocycles. The van der Waals surface area contributed by atoms with Crippen LogP contribution in [0, 0.1) is 5.92 Å². The summed E-state index contributed by atoms with van der Waals surface area (Å²) in [5, 5.41) is 3.65. The summed E-state index contributed by atoms with van der Waals surface area (Å²) in [6.07, 6.45) is 2.19. The van der Waals surface area contributed by atoms with Crippen LogP contribution < -0.4 is 14.8 Å². The van der Waals surface area contributed by atoms with E-state index < -0.39 is 0 Å². The molecule has 1 saturated heterocycles. The summed E-state index contributed by atoms with van der Waals surface area (Å²) in [5.41, 5.74) is 2.34. The predicted molar refractivity (Wildman–Crippen MR) is 84.5 cm³/mol. The zero-order valence-corrected chi connectivity index (χ0v) is 14.2. The minimum Gasteiger partial charge on any atom is -0.493 e. The van der Waals surface area contributed by atoms with E-state index in [1.165, 1.54) is 11.1 Å². The molecule has 0 aromatic heterocycles. The fourth-order valence-corrected chi connectivity index (χ4v) is 5.97. The fraction of sp³-hybridized carbons (Fsp3) is 0.588. The smallest absolute Gasteiger partial charge is 0.174 e. The van der Waals surface area contributed by atoms with Gasteiger partial charge in [0.1, 0.15) is 0 Å². The number of carbonyl (C=O) groups excluding carboxylic acids is 1. The highest BCUT2D eigenvalue weighted by molar-refractivity contribution is 9.10. The molecule has 0 spiro atoms. The number of methoxy groups -OCH3 is 1. The average molecular weight is 364 g/mol. The zero-order chi connectivity index (χ0) is 15.2. The van der Waals surface area contributed by atoms with Crippen molar-refractivity contribution in [2.75, 3.05) is 7.11 Å². The van der Waals surface area contributed by atoms with E-state index in [-0.39, 0.29) is 17.3 Å². The first kappa shape index (κ1) is 13.4. The Morgan fingerprint density at radius 2 is 2.36 bits per heavy atom. The molecule has 1 N–H and O–H groups in total. The fourth-order valence-electron chi connectivity index (χ4n) is 5.32. The molecule has 22 heavy (non-hydrogen) atoms.